The molecule has 4 aromatic rings. The number of rotatable bonds is 14. The summed E-state index contributed by atoms with van der Waals surface area (Å²) < 4.78 is 44.3. The third-order valence-electron chi connectivity index (χ3n) is 7.45. The van der Waals surface area contributed by atoms with Gasteiger partial charge in [-0.3, -0.25) is 13.9 Å². The maximum Gasteiger partial charge on any atom is 0.264 e. The molecule has 4 aromatic carbocycles. The highest BCUT2D eigenvalue weighted by atomic mass is 35.5. The van der Waals surface area contributed by atoms with Crippen LogP contribution < -0.4 is 9.62 Å². The van der Waals surface area contributed by atoms with Crippen LogP contribution in [-0.2, 0) is 32.6 Å². The van der Waals surface area contributed by atoms with Gasteiger partial charge < -0.3 is 10.2 Å². The number of aryl methyl sites for hydroxylation is 1. The fourth-order valence-electron chi connectivity index (χ4n) is 4.95. The Morgan fingerprint density at radius 3 is 2.22 bits per heavy atom. The first-order valence-electron chi connectivity index (χ1n) is 14.8. The molecule has 10 heteroatoms. The molecule has 0 bridgehead atoms. The van der Waals surface area contributed by atoms with Gasteiger partial charge in [0, 0.05) is 30.1 Å². The van der Waals surface area contributed by atoms with E-state index in [0.29, 0.717) is 12.1 Å². The van der Waals surface area contributed by atoms with E-state index in [1.807, 2.05) is 37.3 Å². The van der Waals surface area contributed by atoms with Crippen LogP contribution in [0.5, 0.6) is 0 Å². The van der Waals surface area contributed by atoms with Crippen LogP contribution in [0, 0.1) is 12.7 Å². The molecular formula is C35H37ClFN3O4S. The van der Waals surface area contributed by atoms with Crippen LogP contribution in [0.15, 0.2) is 108 Å². The molecule has 1 N–H and O–H groups in total. The van der Waals surface area contributed by atoms with Crippen molar-refractivity contribution >= 4 is 39.1 Å². The SMILES string of the molecule is CCCCNC(=O)[C@H](Cc1ccccc1)N(Cc1ccccc1F)C(=O)CN(c1cc(Cl)ccc1C)S(=O)(=O)c1ccccc1. The number of halogens is 2. The molecule has 0 heterocycles. The lowest BCUT2D eigenvalue weighted by molar-refractivity contribution is -0.140. The Kier molecular flexibility index (Phi) is 11.7. The lowest BCUT2D eigenvalue weighted by Gasteiger charge is -2.34. The molecule has 0 saturated carbocycles. The number of nitrogens with one attached hydrogen (secondary N) is 1. The molecule has 0 radical (unpaired) electrons. The van der Waals surface area contributed by atoms with Gasteiger partial charge in [0.25, 0.3) is 10.0 Å². The highest BCUT2D eigenvalue weighted by Crippen LogP contribution is 2.30. The van der Waals surface area contributed by atoms with Gasteiger partial charge in [0.1, 0.15) is 18.4 Å². The van der Waals surface area contributed by atoms with Crippen LogP contribution in [0.4, 0.5) is 10.1 Å². The molecule has 236 valence electrons. The van der Waals surface area contributed by atoms with Gasteiger partial charge in [-0.1, -0.05) is 97.7 Å². The molecule has 0 aliphatic rings. The normalized spacial score (nSPS) is 11.9. The molecule has 45 heavy (non-hydrogen) atoms. The van der Waals surface area contributed by atoms with E-state index in [4.69, 9.17) is 11.6 Å². The second-order valence-electron chi connectivity index (χ2n) is 10.7. The molecule has 7 nitrogen and oxygen atoms in total. The minimum absolute atomic E-state index is 0.0176. The number of carbonyl (C=O) groups excluding carboxylic acids is 2. The van der Waals surface area contributed by atoms with Gasteiger partial charge in [-0.15, -0.1) is 0 Å². The van der Waals surface area contributed by atoms with E-state index in [1.54, 1.807) is 55.5 Å². The summed E-state index contributed by atoms with van der Waals surface area (Å²) in [5, 5.41) is 3.21. The van der Waals surface area contributed by atoms with E-state index in [9.17, 15) is 18.0 Å². The number of benzene rings is 4. The number of amides is 2. The molecule has 0 unspecified atom stereocenters. The number of nitrogens with zero attached hydrogens (tertiary/aromatic N) is 2. The fraction of sp³-hybridized carbons (Fsp3) is 0.257. The van der Waals surface area contributed by atoms with Gasteiger partial charge in [0.15, 0.2) is 0 Å². The third kappa shape index (κ3) is 8.71. The summed E-state index contributed by atoms with van der Waals surface area (Å²) in [6.07, 6.45) is 1.73. The molecule has 2 amide bonds. The van der Waals surface area contributed by atoms with Crippen LogP contribution in [-0.4, -0.2) is 44.3 Å². The fourth-order valence-corrected chi connectivity index (χ4v) is 6.61. The maximum absolute atomic E-state index is 15.0. The summed E-state index contributed by atoms with van der Waals surface area (Å²) in [4.78, 5) is 29.5. The summed E-state index contributed by atoms with van der Waals surface area (Å²) in [6.45, 7) is 3.22. The summed E-state index contributed by atoms with van der Waals surface area (Å²) in [5.41, 5.74) is 1.78. The van der Waals surface area contributed by atoms with E-state index in [2.05, 4.69) is 5.32 Å². The Bertz CT molecular complexity index is 1700. The van der Waals surface area contributed by atoms with Gasteiger partial charge in [-0.2, -0.15) is 0 Å². The lowest BCUT2D eigenvalue weighted by Crippen LogP contribution is -2.53. The first-order chi connectivity index (χ1) is 21.6. The average molecular weight is 650 g/mol. The Labute approximate surface area is 269 Å². The topological polar surface area (TPSA) is 86.8 Å². The summed E-state index contributed by atoms with van der Waals surface area (Å²) >= 11 is 6.31. The predicted molar refractivity (Wildman–Crippen MR) is 176 cm³/mol. The van der Waals surface area contributed by atoms with Crippen molar-refractivity contribution in [1.29, 1.82) is 0 Å². The molecule has 0 aliphatic carbocycles. The van der Waals surface area contributed by atoms with Crippen molar-refractivity contribution in [3.63, 3.8) is 0 Å². The minimum Gasteiger partial charge on any atom is -0.354 e. The summed E-state index contributed by atoms with van der Waals surface area (Å²) in [7, 11) is -4.27. The monoisotopic (exact) mass is 649 g/mol. The maximum atomic E-state index is 15.0. The quantitative estimate of drug-likeness (QED) is 0.157. The lowest BCUT2D eigenvalue weighted by atomic mass is 10.0. The zero-order chi connectivity index (χ0) is 32.4. The van der Waals surface area contributed by atoms with Crippen LogP contribution in [0.3, 0.4) is 0 Å². The average Bonchev–Trinajstić information content (AvgIpc) is 3.04. The Hall–Kier alpha value is -4.21. The first-order valence-corrected chi connectivity index (χ1v) is 16.6. The van der Waals surface area contributed by atoms with Crippen molar-refractivity contribution < 1.29 is 22.4 Å². The molecule has 0 fully saturated rings. The Morgan fingerprint density at radius 2 is 1.56 bits per heavy atom. The van der Waals surface area contributed by atoms with E-state index in [0.717, 1.165) is 22.7 Å². The van der Waals surface area contributed by atoms with E-state index in [-0.39, 0.29) is 34.1 Å². The van der Waals surface area contributed by atoms with Gasteiger partial charge in [0.05, 0.1) is 10.6 Å². The number of hydrogen-bond donors (Lipinski definition) is 1. The minimum atomic E-state index is -4.27. The molecule has 1 atom stereocenters. The molecule has 0 spiro atoms. The van der Waals surface area contributed by atoms with Crippen LogP contribution in [0.1, 0.15) is 36.5 Å². The van der Waals surface area contributed by atoms with Crippen molar-refractivity contribution in [1.82, 2.24) is 10.2 Å². The summed E-state index contributed by atoms with van der Waals surface area (Å²) in [6, 6.07) is 26.8. The molecular weight excluding hydrogens is 613 g/mol. The molecule has 0 aliphatic heterocycles. The van der Waals surface area contributed by atoms with Crippen LogP contribution in [0.2, 0.25) is 5.02 Å². The first kappa shape index (κ1) is 33.7. The van der Waals surface area contributed by atoms with Crippen molar-refractivity contribution in [2.45, 2.75) is 50.6 Å². The van der Waals surface area contributed by atoms with Crippen molar-refractivity contribution in [2.75, 3.05) is 17.4 Å². The Balaban J connectivity index is 1.82. The van der Waals surface area contributed by atoms with Gasteiger partial charge in [0.2, 0.25) is 11.8 Å². The van der Waals surface area contributed by atoms with E-state index >= 15 is 4.39 Å². The standard InChI is InChI=1S/C35H37ClFN3O4S/c1-3-4-21-38-35(42)33(22-27-13-7-5-8-14-27)39(24-28-15-11-12-18-31(28)37)34(41)25-40(32-23-29(36)20-19-26(32)2)45(43,44)30-16-9-6-10-17-30/h5-20,23,33H,3-4,21-22,24-25H2,1-2H3,(H,38,42)/t33-/m0/s1. The highest BCUT2D eigenvalue weighted by molar-refractivity contribution is 7.92. The molecule has 0 aromatic heterocycles. The zero-order valence-corrected chi connectivity index (χ0v) is 26.9. The summed E-state index contributed by atoms with van der Waals surface area (Å²) in [5.74, 6) is -1.63. The molecule has 4 rings (SSSR count). The Morgan fingerprint density at radius 1 is 0.911 bits per heavy atom. The smallest absolute Gasteiger partial charge is 0.264 e. The zero-order valence-electron chi connectivity index (χ0n) is 25.3. The van der Waals surface area contributed by atoms with Crippen molar-refractivity contribution in [3.8, 4) is 0 Å². The second-order valence-corrected chi connectivity index (χ2v) is 13.0. The van der Waals surface area contributed by atoms with Crippen LogP contribution >= 0.6 is 11.6 Å². The predicted octanol–water partition coefficient (Wildman–Crippen LogP) is 6.54. The number of unbranched alkanes of at least 4 members (excludes halogenated alkanes) is 1. The van der Waals surface area contributed by atoms with E-state index < -0.39 is 40.2 Å². The van der Waals surface area contributed by atoms with E-state index in [1.165, 1.54) is 29.2 Å². The van der Waals surface area contributed by atoms with Crippen molar-refractivity contribution in [3.05, 3.63) is 131 Å². The van der Waals surface area contributed by atoms with Gasteiger partial charge in [-0.25, -0.2) is 12.8 Å². The van der Waals surface area contributed by atoms with Crippen molar-refractivity contribution in [2.24, 2.45) is 0 Å². The number of anilines is 1. The number of carbonyl (C=O) groups is 2. The van der Waals surface area contributed by atoms with Gasteiger partial charge in [-0.05, 0) is 54.8 Å². The van der Waals surface area contributed by atoms with Gasteiger partial charge >= 0.3 is 0 Å². The highest BCUT2D eigenvalue weighted by Gasteiger charge is 2.35. The molecule has 0 saturated heterocycles. The van der Waals surface area contributed by atoms with Crippen LogP contribution in [0.25, 0.3) is 0 Å². The number of hydrogen-bond acceptors (Lipinski definition) is 4. The third-order valence-corrected chi connectivity index (χ3v) is 9.46. The second kappa shape index (κ2) is 15.7. The number of sulfonamides is 1. The largest absolute Gasteiger partial charge is 0.354 e.